The smallest absolute Gasteiger partial charge is 0.338 e. The molecule has 1 aromatic carbocycles. The van der Waals surface area contributed by atoms with Gasteiger partial charge in [-0.15, -0.1) is 0 Å². The van der Waals surface area contributed by atoms with E-state index in [1.807, 2.05) is 6.92 Å². The molecule has 0 bridgehead atoms. The number of methoxy groups -OCH3 is 1. The molecular formula is C16H23NO6S. The third-order valence-electron chi connectivity index (χ3n) is 3.63. The van der Waals surface area contributed by atoms with E-state index in [0.29, 0.717) is 6.42 Å². The lowest BCUT2D eigenvalue weighted by molar-refractivity contribution is -0.143. The Bertz CT molecular complexity index is 668. The van der Waals surface area contributed by atoms with Crippen molar-refractivity contribution in [3.63, 3.8) is 0 Å². The predicted molar refractivity (Wildman–Crippen MR) is 88.0 cm³/mol. The van der Waals surface area contributed by atoms with Gasteiger partial charge in [-0.3, -0.25) is 4.79 Å². The van der Waals surface area contributed by atoms with Crippen LogP contribution in [0.2, 0.25) is 0 Å². The summed E-state index contributed by atoms with van der Waals surface area (Å²) in [4.78, 5) is 23.4. The summed E-state index contributed by atoms with van der Waals surface area (Å²) in [5.74, 6) is -1.40. The monoisotopic (exact) mass is 357 g/mol. The summed E-state index contributed by atoms with van der Waals surface area (Å²) in [6, 6.07) is 4.33. The van der Waals surface area contributed by atoms with E-state index in [2.05, 4.69) is 9.46 Å². The molecule has 2 atom stereocenters. The zero-order valence-electron chi connectivity index (χ0n) is 14.2. The molecule has 0 aromatic heterocycles. The van der Waals surface area contributed by atoms with Gasteiger partial charge in [0.25, 0.3) is 0 Å². The molecule has 24 heavy (non-hydrogen) atoms. The average molecular weight is 357 g/mol. The Hall–Kier alpha value is -1.93. The van der Waals surface area contributed by atoms with Crippen LogP contribution in [0.1, 0.15) is 37.6 Å². The molecule has 1 N–H and O–H groups in total. The van der Waals surface area contributed by atoms with Gasteiger partial charge in [0, 0.05) is 0 Å². The molecule has 0 saturated carbocycles. The molecule has 8 heteroatoms. The quantitative estimate of drug-likeness (QED) is 0.712. The van der Waals surface area contributed by atoms with Gasteiger partial charge in [-0.05, 0) is 37.1 Å². The maximum Gasteiger partial charge on any atom is 0.338 e. The van der Waals surface area contributed by atoms with Crippen LogP contribution >= 0.6 is 0 Å². The lowest BCUT2D eigenvalue weighted by atomic mass is 10.0. The fourth-order valence-electron chi connectivity index (χ4n) is 1.98. The van der Waals surface area contributed by atoms with Crippen LogP contribution in [-0.2, 0) is 24.3 Å². The molecule has 0 aliphatic heterocycles. The third-order valence-corrected chi connectivity index (χ3v) is 5.08. The Labute approximate surface area is 142 Å². The largest absolute Gasteiger partial charge is 0.468 e. The second-order valence-electron chi connectivity index (χ2n) is 5.25. The van der Waals surface area contributed by atoms with Crippen molar-refractivity contribution in [1.29, 1.82) is 0 Å². The van der Waals surface area contributed by atoms with Crippen molar-refractivity contribution in [1.82, 2.24) is 4.72 Å². The molecule has 0 aliphatic rings. The van der Waals surface area contributed by atoms with Crippen LogP contribution in [0, 0.1) is 5.92 Å². The van der Waals surface area contributed by atoms with Crippen molar-refractivity contribution in [2.75, 3.05) is 13.7 Å². The normalized spacial score (nSPS) is 13.8. The number of carbonyl (C=O) groups excluding carboxylic acids is 2. The summed E-state index contributed by atoms with van der Waals surface area (Å²) < 4.78 is 36.8. The maximum absolute atomic E-state index is 12.5. The number of rotatable bonds is 8. The predicted octanol–water partition coefficient (Wildman–Crippen LogP) is 1.73. The van der Waals surface area contributed by atoms with Gasteiger partial charge in [-0.25, -0.2) is 13.2 Å². The van der Waals surface area contributed by atoms with Gasteiger partial charge in [-0.1, -0.05) is 20.3 Å². The molecule has 0 heterocycles. The summed E-state index contributed by atoms with van der Waals surface area (Å²) in [5, 5.41) is 0. The van der Waals surface area contributed by atoms with E-state index in [-0.39, 0.29) is 23.0 Å². The molecule has 1 aromatic rings. The number of benzene rings is 1. The summed E-state index contributed by atoms with van der Waals surface area (Å²) in [5.41, 5.74) is 0.252. The van der Waals surface area contributed by atoms with Crippen LogP contribution in [0.15, 0.2) is 29.2 Å². The van der Waals surface area contributed by atoms with E-state index >= 15 is 0 Å². The molecule has 0 spiro atoms. The van der Waals surface area contributed by atoms with Gasteiger partial charge in [-0.2, -0.15) is 4.72 Å². The Kier molecular flexibility index (Phi) is 7.37. The maximum atomic E-state index is 12.5. The summed E-state index contributed by atoms with van der Waals surface area (Å²) in [7, 11) is -2.72. The van der Waals surface area contributed by atoms with Crippen molar-refractivity contribution < 1.29 is 27.5 Å². The Morgan fingerprint density at radius 3 is 2.21 bits per heavy atom. The van der Waals surface area contributed by atoms with Crippen LogP contribution in [-0.4, -0.2) is 40.1 Å². The minimum atomic E-state index is -3.93. The lowest BCUT2D eigenvalue weighted by Gasteiger charge is -2.21. The van der Waals surface area contributed by atoms with E-state index < -0.39 is 28.0 Å². The van der Waals surface area contributed by atoms with Gasteiger partial charge >= 0.3 is 11.9 Å². The molecule has 0 fully saturated rings. The van der Waals surface area contributed by atoms with Crippen molar-refractivity contribution in [3.8, 4) is 0 Å². The van der Waals surface area contributed by atoms with E-state index in [1.165, 1.54) is 31.4 Å². The molecule has 1 rings (SSSR count). The number of sulfonamides is 1. The van der Waals surface area contributed by atoms with Crippen LogP contribution in [0.4, 0.5) is 0 Å². The highest BCUT2D eigenvalue weighted by molar-refractivity contribution is 7.89. The molecule has 0 amide bonds. The lowest BCUT2D eigenvalue weighted by Crippen LogP contribution is -2.45. The second-order valence-corrected chi connectivity index (χ2v) is 6.97. The zero-order valence-corrected chi connectivity index (χ0v) is 15.1. The summed E-state index contributed by atoms with van der Waals surface area (Å²) in [6.45, 7) is 5.52. The van der Waals surface area contributed by atoms with Gasteiger partial charge in [0.05, 0.1) is 24.2 Å². The van der Waals surface area contributed by atoms with E-state index in [1.54, 1.807) is 13.8 Å². The van der Waals surface area contributed by atoms with Crippen molar-refractivity contribution in [2.24, 2.45) is 5.92 Å². The number of hydrogen-bond acceptors (Lipinski definition) is 6. The number of esters is 2. The molecule has 0 aliphatic carbocycles. The first kappa shape index (κ1) is 20.1. The highest BCUT2D eigenvalue weighted by atomic mass is 32.2. The first-order chi connectivity index (χ1) is 11.3. The summed E-state index contributed by atoms with van der Waals surface area (Å²) in [6.07, 6.45) is 0.601. The minimum absolute atomic E-state index is 0.0484. The van der Waals surface area contributed by atoms with Crippen molar-refractivity contribution >= 4 is 22.0 Å². The fraction of sp³-hybridized carbons (Fsp3) is 0.500. The van der Waals surface area contributed by atoms with E-state index in [9.17, 15) is 18.0 Å². The summed E-state index contributed by atoms with van der Waals surface area (Å²) >= 11 is 0. The third kappa shape index (κ3) is 5.04. The Balaban J connectivity index is 3.02. The number of carbonyl (C=O) groups is 2. The fourth-order valence-corrected chi connectivity index (χ4v) is 3.27. The topological polar surface area (TPSA) is 98.8 Å². The second kappa shape index (κ2) is 8.79. The van der Waals surface area contributed by atoms with Gasteiger partial charge in [0.2, 0.25) is 10.0 Å². The van der Waals surface area contributed by atoms with Crippen LogP contribution in [0.3, 0.4) is 0 Å². The molecule has 0 unspecified atom stereocenters. The molecular weight excluding hydrogens is 334 g/mol. The SMILES string of the molecule is CCOC(=O)c1ccc(S(=O)(=O)N[C@H](C(=O)OC)[C@H](C)CC)cc1. The minimum Gasteiger partial charge on any atom is -0.468 e. The number of nitrogens with one attached hydrogen (secondary N) is 1. The van der Waals surface area contributed by atoms with Crippen LogP contribution in [0.5, 0.6) is 0 Å². The highest BCUT2D eigenvalue weighted by Crippen LogP contribution is 2.16. The Morgan fingerprint density at radius 1 is 1.17 bits per heavy atom. The van der Waals surface area contributed by atoms with E-state index in [4.69, 9.17) is 4.74 Å². The van der Waals surface area contributed by atoms with Crippen LogP contribution < -0.4 is 4.72 Å². The first-order valence-electron chi connectivity index (χ1n) is 7.64. The van der Waals surface area contributed by atoms with Crippen molar-refractivity contribution in [2.45, 2.75) is 38.1 Å². The number of ether oxygens (including phenoxy) is 2. The zero-order chi connectivity index (χ0) is 18.3. The Morgan fingerprint density at radius 2 is 1.75 bits per heavy atom. The standard InChI is InChI=1S/C16H23NO6S/c1-5-11(3)14(16(19)22-4)17-24(20,21)13-9-7-12(8-10-13)15(18)23-6-2/h7-11,14,17H,5-6H2,1-4H3/t11-,14+/m1/s1. The average Bonchev–Trinajstić information content (AvgIpc) is 2.58. The molecule has 7 nitrogen and oxygen atoms in total. The molecule has 134 valence electrons. The van der Waals surface area contributed by atoms with Gasteiger partial charge < -0.3 is 9.47 Å². The van der Waals surface area contributed by atoms with Crippen LogP contribution in [0.25, 0.3) is 0 Å². The highest BCUT2D eigenvalue weighted by Gasteiger charge is 2.30. The number of hydrogen-bond donors (Lipinski definition) is 1. The molecule has 0 saturated heterocycles. The molecule has 0 radical (unpaired) electrons. The van der Waals surface area contributed by atoms with Gasteiger partial charge in [0.15, 0.2) is 0 Å². The first-order valence-corrected chi connectivity index (χ1v) is 9.12. The van der Waals surface area contributed by atoms with E-state index in [0.717, 1.165) is 0 Å². The van der Waals surface area contributed by atoms with Gasteiger partial charge in [0.1, 0.15) is 6.04 Å². The van der Waals surface area contributed by atoms with Crippen molar-refractivity contribution in [3.05, 3.63) is 29.8 Å².